The second-order valence-corrected chi connectivity index (χ2v) is 10.1. The number of aromatic nitrogens is 4. The third-order valence-electron chi connectivity index (χ3n) is 5.56. The number of nitrogen functional groups attached to an aromatic ring is 1. The van der Waals surface area contributed by atoms with Crippen molar-refractivity contribution in [3.63, 3.8) is 0 Å². The van der Waals surface area contributed by atoms with E-state index in [1.807, 2.05) is 31.3 Å². The topological polar surface area (TPSA) is 130 Å². The quantitative estimate of drug-likeness (QED) is 0.365. The van der Waals surface area contributed by atoms with Crippen LogP contribution >= 0.6 is 10.6 Å². The van der Waals surface area contributed by atoms with E-state index < -0.39 is 10.6 Å². The van der Waals surface area contributed by atoms with E-state index in [0.717, 1.165) is 27.3 Å². The van der Waals surface area contributed by atoms with Gasteiger partial charge in [0, 0.05) is 29.7 Å². The van der Waals surface area contributed by atoms with Gasteiger partial charge < -0.3 is 19.9 Å². The maximum Gasteiger partial charge on any atom is 0.300 e. The molecule has 2 aliphatic heterocycles. The molecule has 6 rings (SSSR count). The highest BCUT2D eigenvalue weighted by molar-refractivity contribution is 8.36. The first-order chi connectivity index (χ1) is 17.0. The van der Waals surface area contributed by atoms with Crippen molar-refractivity contribution < 1.29 is 22.6 Å². The highest BCUT2D eigenvalue weighted by Gasteiger charge is 2.73. The molecule has 0 radical (unpaired) electrons. The summed E-state index contributed by atoms with van der Waals surface area (Å²) in [5.74, 6) is 1.82. The summed E-state index contributed by atoms with van der Waals surface area (Å²) in [4.78, 5) is 17.5. The molecule has 3 aromatic heterocycles. The fraction of sp³-hybridized carbons (Fsp3) is 0.167. The molecule has 10 nitrogen and oxygen atoms in total. The van der Waals surface area contributed by atoms with E-state index in [9.17, 15) is 0 Å². The summed E-state index contributed by atoms with van der Waals surface area (Å²) in [6.07, 6.45) is 5.12. The van der Waals surface area contributed by atoms with Crippen LogP contribution in [0, 0.1) is 6.92 Å². The number of hydrogen-bond acceptors (Lipinski definition) is 10. The van der Waals surface area contributed by atoms with Crippen LogP contribution in [-0.4, -0.2) is 39.8 Å². The number of anilines is 1. The summed E-state index contributed by atoms with van der Waals surface area (Å²) in [6, 6.07) is 11.2. The molecule has 0 unspecified atom stereocenters. The molecule has 0 amide bonds. The van der Waals surface area contributed by atoms with Gasteiger partial charge in [0.1, 0.15) is 0 Å². The van der Waals surface area contributed by atoms with E-state index in [0.29, 0.717) is 17.3 Å². The number of benzene rings is 1. The first kappa shape index (κ1) is 21.6. The van der Waals surface area contributed by atoms with Crippen LogP contribution in [0.2, 0.25) is 0 Å². The summed E-state index contributed by atoms with van der Waals surface area (Å²) in [7, 11) is 1.39. The molecule has 0 saturated carbocycles. The Labute approximate surface area is 202 Å². The van der Waals surface area contributed by atoms with Gasteiger partial charge in [0.15, 0.2) is 28.2 Å². The van der Waals surface area contributed by atoms with Gasteiger partial charge in [0.25, 0.3) is 5.88 Å². The molecule has 11 heteroatoms. The first-order valence-corrected chi connectivity index (χ1v) is 12.2. The number of nitrogens with zero attached hydrogens (tertiary/aromatic N) is 4. The van der Waals surface area contributed by atoms with E-state index in [2.05, 4.69) is 26.0 Å². The van der Waals surface area contributed by atoms with Gasteiger partial charge in [-0.1, -0.05) is 16.7 Å². The lowest BCUT2D eigenvalue weighted by Gasteiger charge is -2.17. The van der Waals surface area contributed by atoms with Crippen molar-refractivity contribution in [3.8, 4) is 45.6 Å². The van der Waals surface area contributed by atoms with Gasteiger partial charge in [-0.3, -0.25) is 4.98 Å². The standard InChI is InChI=1S/C24H21N5O5S/c1-13-10-16(23(27-12-13)35-24(33-35)34-35)15-4-5-17(30-2)18(11-15)32-19-20(25)28-21(29-22(19)31-3)14-6-8-26-9-7-14/h4-12,24H,1-3H3,(H2,25,28,29). The number of aryl methyl sites for hydroxylation is 1. The lowest BCUT2D eigenvalue weighted by atomic mass is 10.1. The summed E-state index contributed by atoms with van der Waals surface area (Å²) in [5.41, 5.74) is 9.70. The second-order valence-electron chi connectivity index (χ2n) is 7.87. The van der Waals surface area contributed by atoms with Crippen molar-refractivity contribution in [2.24, 2.45) is 0 Å². The number of fused-ring (bicyclic) bond motifs is 1. The fourth-order valence-corrected chi connectivity index (χ4v) is 5.58. The van der Waals surface area contributed by atoms with Crippen LogP contribution in [0.4, 0.5) is 5.82 Å². The minimum Gasteiger partial charge on any atom is -0.493 e. The summed E-state index contributed by atoms with van der Waals surface area (Å²) < 4.78 is 28.5. The normalized spacial score (nSPS) is 21.4. The van der Waals surface area contributed by atoms with Crippen LogP contribution in [0.1, 0.15) is 5.56 Å². The monoisotopic (exact) mass is 491 g/mol. The zero-order valence-corrected chi connectivity index (χ0v) is 19.9. The molecule has 35 heavy (non-hydrogen) atoms. The predicted molar refractivity (Wildman–Crippen MR) is 129 cm³/mol. The molecular formula is C24H21N5O5S. The molecule has 0 aliphatic carbocycles. The van der Waals surface area contributed by atoms with E-state index in [1.54, 1.807) is 31.6 Å². The fourth-order valence-electron chi connectivity index (χ4n) is 3.71. The first-order valence-electron chi connectivity index (χ1n) is 10.7. The molecule has 4 aromatic rings. The number of pyridine rings is 2. The molecule has 2 saturated heterocycles. The van der Waals surface area contributed by atoms with Gasteiger partial charge in [-0.05, 0) is 48.4 Å². The van der Waals surface area contributed by atoms with Gasteiger partial charge in [-0.2, -0.15) is 4.98 Å². The SMILES string of the molecule is COc1ccc(-c2cc(C)cnc2S23OC2O3)cc1Oc1c(N)nc(-c2ccncc2)nc1OC. The largest absolute Gasteiger partial charge is 0.493 e. The number of ether oxygens (including phenoxy) is 3. The Morgan fingerprint density at radius 3 is 2.40 bits per heavy atom. The average molecular weight is 492 g/mol. The number of nitrogens with two attached hydrogens (primary N) is 1. The maximum atomic E-state index is 6.29. The Bertz CT molecular complexity index is 1450. The van der Waals surface area contributed by atoms with Gasteiger partial charge in [0.2, 0.25) is 5.75 Å². The molecule has 178 valence electrons. The molecule has 2 fully saturated rings. The third-order valence-corrected chi connectivity index (χ3v) is 7.66. The highest BCUT2D eigenvalue weighted by Crippen LogP contribution is 2.92. The minimum atomic E-state index is -1.67. The Morgan fingerprint density at radius 2 is 1.71 bits per heavy atom. The minimum absolute atomic E-state index is 0.123. The zero-order valence-electron chi connectivity index (χ0n) is 19.1. The van der Waals surface area contributed by atoms with Gasteiger partial charge >= 0.3 is 5.62 Å². The van der Waals surface area contributed by atoms with Crippen molar-refractivity contribution >= 4 is 16.4 Å². The lowest BCUT2D eigenvalue weighted by molar-refractivity contribution is 0.186. The molecule has 5 heterocycles. The third kappa shape index (κ3) is 3.70. The van der Waals surface area contributed by atoms with Crippen LogP contribution in [0.5, 0.6) is 23.1 Å². The van der Waals surface area contributed by atoms with Crippen molar-refractivity contribution in [1.82, 2.24) is 19.9 Å². The molecule has 0 spiro atoms. The van der Waals surface area contributed by atoms with Crippen molar-refractivity contribution in [2.45, 2.75) is 17.6 Å². The maximum absolute atomic E-state index is 6.29. The van der Waals surface area contributed by atoms with Crippen LogP contribution in [0.3, 0.4) is 0 Å². The molecule has 0 bridgehead atoms. The summed E-state index contributed by atoms with van der Waals surface area (Å²) >= 11 is 0. The molecular weight excluding hydrogens is 470 g/mol. The molecule has 2 aliphatic rings. The molecule has 1 aromatic carbocycles. The Kier molecular flexibility index (Phi) is 4.99. The summed E-state index contributed by atoms with van der Waals surface area (Å²) in [6.45, 7) is 1.99. The van der Waals surface area contributed by atoms with E-state index in [1.165, 1.54) is 7.11 Å². The van der Waals surface area contributed by atoms with Crippen molar-refractivity contribution in [2.75, 3.05) is 20.0 Å². The lowest BCUT2D eigenvalue weighted by Crippen LogP contribution is -2.04. The molecule has 0 atom stereocenters. The number of hydrogen-bond donors (Lipinski definition) is 1. The number of methoxy groups -OCH3 is 2. The Morgan fingerprint density at radius 1 is 0.943 bits per heavy atom. The molecule has 2 N–H and O–H groups in total. The van der Waals surface area contributed by atoms with Gasteiger partial charge in [-0.25, -0.2) is 18.3 Å². The Balaban J connectivity index is 1.41. The smallest absolute Gasteiger partial charge is 0.300 e. The van der Waals surface area contributed by atoms with Gasteiger partial charge in [-0.15, -0.1) is 0 Å². The Hall–Kier alpha value is -3.93. The van der Waals surface area contributed by atoms with Crippen LogP contribution in [-0.2, 0) is 8.37 Å². The average Bonchev–Trinajstić information content (AvgIpc) is 3.77. The second kappa shape index (κ2) is 8.08. The highest BCUT2D eigenvalue weighted by atomic mass is 32.3. The zero-order chi connectivity index (χ0) is 24.2. The predicted octanol–water partition coefficient (Wildman–Crippen LogP) is 4.64. The van der Waals surface area contributed by atoms with E-state index in [4.69, 9.17) is 28.3 Å². The van der Waals surface area contributed by atoms with E-state index in [-0.39, 0.29) is 23.1 Å². The van der Waals surface area contributed by atoms with Gasteiger partial charge in [0.05, 0.1) is 14.2 Å². The summed E-state index contributed by atoms with van der Waals surface area (Å²) in [5, 5.41) is 0.811. The van der Waals surface area contributed by atoms with Crippen LogP contribution in [0.25, 0.3) is 22.5 Å². The van der Waals surface area contributed by atoms with Crippen LogP contribution in [0.15, 0.2) is 60.0 Å². The van der Waals surface area contributed by atoms with Crippen LogP contribution < -0.4 is 19.9 Å². The van der Waals surface area contributed by atoms with E-state index >= 15 is 0 Å². The number of rotatable bonds is 7. The van der Waals surface area contributed by atoms with Crippen molar-refractivity contribution in [1.29, 1.82) is 0 Å². The van der Waals surface area contributed by atoms with Crippen molar-refractivity contribution in [3.05, 3.63) is 60.6 Å².